The van der Waals surface area contributed by atoms with Crippen LogP contribution < -0.4 is 0 Å². The summed E-state index contributed by atoms with van der Waals surface area (Å²) in [6.07, 6.45) is -7.80. The maximum absolute atomic E-state index is 13.8. The number of H-pyrrole nitrogens is 1. The first kappa shape index (κ1) is 15.7. The molecule has 8 heteroatoms. The number of hydrogen-bond donors (Lipinski definition) is 1. The first-order valence-corrected chi connectivity index (χ1v) is 7.14. The van der Waals surface area contributed by atoms with E-state index in [1.807, 2.05) is 0 Å². The molecule has 0 aliphatic heterocycles. The highest BCUT2D eigenvalue weighted by molar-refractivity contribution is 6.17. The second-order valence-corrected chi connectivity index (χ2v) is 5.59. The van der Waals surface area contributed by atoms with E-state index in [9.17, 15) is 26.3 Å². The third kappa shape index (κ3) is 2.24. The van der Waals surface area contributed by atoms with Crippen molar-refractivity contribution in [2.45, 2.75) is 12.4 Å². The molecule has 0 fully saturated rings. The van der Waals surface area contributed by atoms with Crippen molar-refractivity contribution >= 4 is 32.6 Å². The largest absolute Gasteiger partial charge is 0.419 e. The number of para-hydroxylation sites is 1. The van der Waals surface area contributed by atoms with Crippen LogP contribution in [0.1, 0.15) is 11.1 Å². The number of aromatic amines is 1. The minimum absolute atomic E-state index is 0.0917. The molecule has 0 unspecified atom stereocenters. The highest BCUT2D eigenvalue weighted by Gasteiger charge is 2.42. The molecule has 0 radical (unpaired) electrons. The quantitative estimate of drug-likeness (QED) is 0.391. The van der Waals surface area contributed by atoms with Gasteiger partial charge in [-0.15, -0.1) is 0 Å². The van der Waals surface area contributed by atoms with Gasteiger partial charge < -0.3 is 4.98 Å². The summed E-state index contributed by atoms with van der Waals surface area (Å²) >= 11 is 0. The first-order chi connectivity index (χ1) is 11.7. The summed E-state index contributed by atoms with van der Waals surface area (Å²) in [5.74, 6) is 0. The Morgan fingerprint density at radius 1 is 0.760 bits per heavy atom. The van der Waals surface area contributed by atoms with Crippen molar-refractivity contribution in [3.8, 4) is 0 Å². The van der Waals surface area contributed by atoms with Gasteiger partial charge in [-0.2, -0.15) is 26.3 Å². The molecule has 128 valence electrons. The molecule has 25 heavy (non-hydrogen) atoms. The van der Waals surface area contributed by atoms with Crippen molar-refractivity contribution in [2.75, 3.05) is 0 Å². The third-order valence-corrected chi connectivity index (χ3v) is 4.13. The fourth-order valence-corrected chi connectivity index (χ4v) is 3.26. The molecule has 1 N–H and O–H groups in total. The summed E-state index contributed by atoms with van der Waals surface area (Å²) in [6, 6.07) is 6.81. The van der Waals surface area contributed by atoms with Crippen molar-refractivity contribution in [3.63, 3.8) is 0 Å². The number of halogens is 6. The lowest BCUT2D eigenvalue weighted by molar-refractivity contribution is -0.137. The molecule has 0 amide bonds. The maximum atomic E-state index is 13.8. The van der Waals surface area contributed by atoms with E-state index in [1.54, 1.807) is 6.07 Å². The molecule has 4 rings (SSSR count). The van der Waals surface area contributed by atoms with Crippen LogP contribution in [0.5, 0.6) is 0 Å². The number of pyridine rings is 1. The van der Waals surface area contributed by atoms with Gasteiger partial charge in [-0.1, -0.05) is 18.2 Å². The van der Waals surface area contributed by atoms with E-state index in [-0.39, 0.29) is 10.9 Å². The Kier molecular flexibility index (Phi) is 3.07. The average Bonchev–Trinajstić information content (AvgIpc) is 2.88. The molecular weight excluding hydrogens is 346 g/mol. The number of nitrogens with one attached hydrogen (secondary N) is 1. The maximum Gasteiger partial charge on any atom is 0.419 e. The topological polar surface area (TPSA) is 28.7 Å². The van der Waals surface area contributed by atoms with E-state index in [0.29, 0.717) is 0 Å². The SMILES string of the molecule is FC(F)(F)c1c2cnccc2c(C(F)(F)F)c2c1[nH]c1ccccc12. The predicted molar refractivity (Wildman–Crippen MR) is 81.1 cm³/mol. The van der Waals surface area contributed by atoms with Crippen molar-refractivity contribution < 1.29 is 26.3 Å². The Labute approximate surface area is 136 Å². The van der Waals surface area contributed by atoms with Crippen LogP contribution >= 0.6 is 0 Å². The molecule has 0 aliphatic rings. The summed E-state index contributed by atoms with van der Waals surface area (Å²) in [5, 5.41) is -1.49. The number of aromatic nitrogens is 2. The molecule has 0 atom stereocenters. The van der Waals surface area contributed by atoms with E-state index in [4.69, 9.17) is 0 Å². The van der Waals surface area contributed by atoms with Crippen molar-refractivity contribution in [1.29, 1.82) is 0 Å². The smallest absolute Gasteiger partial charge is 0.354 e. The fourth-order valence-electron chi connectivity index (χ4n) is 3.26. The molecule has 2 heterocycles. The molecule has 4 aromatic rings. The zero-order chi connectivity index (χ0) is 18.0. The van der Waals surface area contributed by atoms with Crippen LogP contribution in [0.25, 0.3) is 32.6 Å². The van der Waals surface area contributed by atoms with Crippen LogP contribution in [0.2, 0.25) is 0 Å². The Bertz CT molecular complexity index is 1120. The van der Waals surface area contributed by atoms with Gasteiger partial charge in [0.15, 0.2) is 0 Å². The van der Waals surface area contributed by atoms with Gasteiger partial charge in [0.25, 0.3) is 0 Å². The van der Waals surface area contributed by atoms with Crippen LogP contribution in [-0.2, 0) is 12.4 Å². The number of fused-ring (bicyclic) bond motifs is 4. The Morgan fingerprint density at radius 3 is 2.12 bits per heavy atom. The van der Waals surface area contributed by atoms with Crippen molar-refractivity contribution in [2.24, 2.45) is 0 Å². The van der Waals surface area contributed by atoms with Crippen molar-refractivity contribution in [3.05, 3.63) is 53.9 Å². The summed E-state index contributed by atoms with van der Waals surface area (Å²) in [5.41, 5.74) is -2.61. The van der Waals surface area contributed by atoms with Crippen LogP contribution in [0, 0.1) is 0 Å². The van der Waals surface area contributed by atoms with Crippen LogP contribution in [0.3, 0.4) is 0 Å². The van der Waals surface area contributed by atoms with Crippen LogP contribution in [0.4, 0.5) is 26.3 Å². The van der Waals surface area contributed by atoms with Gasteiger partial charge in [0.05, 0.1) is 16.6 Å². The highest BCUT2D eigenvalue weighted by atomic mass is 19.4. The number of nitrogens with zero attached hydrogens (tertiary/aromatic N) is 1. The molecule has 0 bridgehead atoms. The first-order valence-electron chi connectivity index (χ1n) is 7.14. The third-order valence-electron chi connectivity index (χ3n) is 4.13. The molecule has 2 aromatic carbocycles. The zero-order valence-electron chi connectivity index (χ0n) is 12.3. The van der Waals surface area contributed by atoms with E-state index in [0.717, 1.165) is 18.5 Å². The summed E-state index contributed by atoms with van der Waals surface area (Å²) in [4.78, 5) is 6.10. The van der Waals surface area contributed by atoms with Gasteiger partial charge >= 0.3 is 12.4 Å². The van der Waals surface area contributed by atoms with Crippen molar-refractivity contribution in [1.82, 2.24) is 9.97 Å². The van der Waals surface area contributed by atoms with E-state index >= 15 is 0 Å². The highest BCUT2D eigenvalue weighted by Crippen LogP contribution is 2.48. The second kappa shape index (κ2) is 4.87. The molecule has 0 saturated carbocycles. The summed E-state index contributed by atoms with van der Waals surface area (Å²) in [6.45, 7) is 0. The van der Waals surface area contributed by atoms with Gasteiger partial charge in [-0.25, -0.2) is 0 Å². The number of benzene rings is 2. The fraction of sp³-hybridized carbons (Fsp3) is 0.118. The normalized spacial score (nSPS) is 13.2. The lowest BCUT2D eigenvalue weighted by Gasteiger charge is -2.17. The monoisotopic (exact) mass is 354 g/mol. The van der Waals surface area contributed by atoms with Gasteiger partial charge in [-0.3, -0.25) is 4.98 Å². The average molecular weight is 354 g/mol. The lowest BCUT2D eigenvalue weighted by Crippen LogP contribution is -2.12. The number of rotatable bonds is 0. The van der Waals surface area contributed by atoms with Crippen LogP contribution in [0.15, 0.2) is 42.7 Å². The van der Waals surface area contributed by atoms with E-state index < -0.39 is 45.2 Å². The molecule has 0 saturated heterocycles. The number of alkyl halides is 6. The molecular formula is C17H8F6N2. The Balaban J connectivity index is 2.41. The Morgan fingerprint density at radius 2 is 1.44 bits per heavy atom. The standard InChI is InChI=1S/C17H8F6N2/c18-16(19,20)13-8-5-6-24-7-10(8)14(17(21,22)23)15-12(13)9-3-1-2-4-11(9)25-15/h1-7,25H. The summed E-state index contributed by atoms with van der Waals surface area (Å²) < 4.78 is 82.3. The van der Waals surface area contributed by atoms with Gasteiger partial charge in [0.1, 0.15) is 0 Å². The molecule has 0 aliphatic carbocycles. The Hall–Kier alpha value is -2.77. The molecule has 2 aromatic heterocycles. The van der Waals surface area contributed by atoms with E-state index in [1.165, 1.54) is 18.2 Å². The second-order valence-electron chi connectivity index (χ2n) is 5.59. The predicted octanol–water partition coefficient (Wildman–Crippen LogP) is 5.91. The molecule has 0 spiro atoms. The van der Waals surface area contributed by atoms with Gasteiger partial charge in [0.2, 0.25) is 0 Å². The van der Waals surface area contributed by atoms with Gasteiger partial charge in [-0.05, 0) is 17.5 Å². The van der Waals surface area contributed by atoms with Crippen LogP contribution in [-0.4, -0.2) is 9.97 Å². The van der Waals surface area contributed by atoms with Gasteiger partial charge in [0, 0.05) is 34.1 Å². The lowest BCUT2D eigenvalue weighted by atomic mass is 9.94. The summed E-state index contributed by atoms with van der Waals surface area (Å²) in [7, 11) is 0. The minimum atomic E-state index is -4.84. The minimum Gasteiger partial charge on any atom is -0.354 e. The van der Waals surface area contributed by atoms with E-state index in [2.05, 4.69) is 9.97 Å². The molecule has 2 nitrogen and oxygen atoms in total. The number of hydrogen-bond acceptors (Lipinski definition) is 1. The zero-order valence-corrected chi connectivity index (χ0v) is 12.3.